The van der Waals surface area contributed by atoms with Crippen molar-refractivity contribution in [1.29, 1.82) is 0 Å². The number of nitrogens with one attached hydrogen (secondary N) is 2. The van der Waals surface area contributed by atoms with Crippen LogP contribution in [0.3, 0.4) is 0 Å². The molecule has 6 nitrogen and oxygen atoms in total. The van der Waals surface area contributed by atoms with Crippen LogP contribution in [-0.4, -0.2) is 65.6 Å². The van der Waals surface area contributed by atoms with Crippen molar-refractivity contribution in [3.63, 3.8) is 0 Å². The zero-order valence-electron chi connectivity index (χ0n) is 17.3. The number of piperazine rings is 1. The zero-order valence-corrected chi connectivity index (χ0v) is 18.8. The van der Waals surface area contributed by atoms with Crippen LogP contribution in [0.5, 0.6) is 0 Å². The third-order valence-electron chi connectivity index (χ3n) is 5.74. The summed E-state index contributed by atoms with van der Waals surface area (Å²) >= 11 is 11.8. The third-order valence-corrected chi connectivity index (χ3v) is 6.41. The molecule has 11 heteroatoms. The van der Waals surface area contributed by atoms with E-state index < -0.39 is 11.7 Å². The molecule has 172 valence electrons. The molecule has 2 atom stereocenters. The quantitative estimate of drug-likeness (QED) is 0.383. The van der Waals surface area contributed by atoms with Crippen molar-refractivity contribution in [3.8, 4) is 0 Å². The Morgan fingerprint density at radius 3 is 2.78 bits per heavy atom. The second-order valence-corrected chi connectivity index (χ2v) is 8.81. The van der Waals surface area contributed by atoms with Crippen molar-refractivity contribution < 1.29 is 13.2 Å². The van der Waals surface area contributed by atoms with Crippen LogP contribution in [0.2, 0.25) is 0 Å². The molecule has 2 unspecified atom stereocenters. The Hall–Kier alpha value is -2.17. The molecular formula is C21H24ClF3N6S. The molecule has 2 N–H and O–H groups in total. The van der Waals surface area contributed by atoms with Crippen LogP contribution in [-0.2, 0) is 6.18 Å². The van der Waals surface area contributed by atoms with Gasteiger partial charge in [-0.15, -0.1) is 11.6 Å². The highest BCUT2D eigenvalue weighted by molar-refractivity contribution is 7.80. The number of halogens is 4. The molecule has 3 heterocycles. The summed E-state index contributed by atoms with van der Waals surface area (Å²) in [7, 11) is 0. The fourth-order valence-corrected chi connectivity index (χ4v) is 4.49. The van der Waals surface area contributed by atoms with E-state index in [1.54, 1.807) is 12.3 Å². The van der Waals surface area contributed by atoms with E-state index in [0.717, 1.165) is 36.9 Å². The molecule has 2 fully saturated rings. The molecule has 0 spiro atoms. The summed E-state index contributed by atoms with van der Waals surface area (Å²) in [5.41, 5.74) is 4.64. The summed E-state index contributed by atoms with van der Waals surface area (Å²) in [4.78, 5) is 8.43. The number of anilines is 1. The Morgan fingerprint density at radius 2 is 2.03 bits per heavy atom. The lowest BCUT2D eigenvalue weighted by Crippen LogP contribution is -2.52. The van der Waals surface area contributed by atoms with Crippen molar-refractivity contribution in [3.05, 3.63) is 42.1 Å². The summed E-state index contributed by atoms with van der Waals surface area (Å²) in [5.74, 6) is 0. The first kappa shape index (κ1) is 23.0. The van der Waals surface area contributed by atoms with Gasteiger partial charge in [-0.3, -0.25) is 10.4 Å². The molecule has 2 saturated heterocycles. The Kier molecular flexibility index (Phi) is 7.02. The van der Waals surface area contributed by atoms with Gasteiger partial charge in [-0.2, -0.15) is 18.3 Å². The van der Waals surface area contributed by atoms with Gasteiger partial charge in [-0.05, 0) is 42.9 Å². The number of hydrogen-bond donors (Lipinski definition) is 2. The smallest absolute Gasteiger partial charge is 0.368 e. The van der Waals surface area contributed by atoms with Gasteiger partial charge >= 0.3 is 6.18 Å². The Balaban J connectivity index is 1.34. The first-order chi connectivity index (χ1) is 15.3. The second-order valence-electron chi connectivity index (χ2n) is 7.86. The van der Waals surface area contributed by atoms with Crippen LogP contribution in [0, 0.1) is 0 Å². The predicted octanol–water partition coefficient (Wildman–Crippen LogP) is 3.39. The maximum absolute atomic E-state index is 13.0. The van der Waals surface area contributed by atoms with Crippen LogP contribution in [0.4, 0.5) is 18.9 Å². The molecule has 0 aromatic heterocycles. The van der Waals surface area contributed by atoms with Crippen molar-refractivity contribution in [2.75, 3.05) is 37.6 Å². The fourth-order valence-electron chi connectivity index (χ4n) is 4.02. The van der Waals surface area contributed by atoms with Crippen molar-refractivity contribution in [1.82, 2.24) is 15.6 Å². The van der Waals surface area contributed by atoms with Crippen LogP contribution in [0.15, 0.2) is 46.6 Å². The number of benzene rings is 1. The molecule has 0 radical (unpaired) electrons. The molecule has 0 saturated carbocycles. The molecule has 1 aromatic rings. The topological polar surface area (TPSA) is 55.3 Å². The maximum atomic E-state index is 13.0. The van der Waals surface area contributed by atoms with E-state index in [9.17, 15) is 13.2 Å². The van der Waals surface area contributed by atoms with Crippen LogP contribution in [0.1, 0.15) is 18.4 Å². The van der Waals surface area contributed by atoms with Gasteiger partial charge in [-0.1, -0.05) is 6.07 Å². The third kappa shape index (κ3) is 5.41. The Morgan fingerprint density at radius 1 is 1.25 bits per heavy atom. The van der Waals surface area contributed by atoms with Gasteiger partial charge in [0.1, 0.15) is 0 Å². The molecule has 3 aliphatic heterocycles. The minimum absolute atomic E-state index is 0.0615. The number of allylic oxidation sites excluding steroid dienone is 1. The highest BCUT2D eigenvalue weighted by Gasteiger charge is 2.31. The SMILES string of the molecule is FC(F)(F)c1cccc(N2CCN(C(=S)N/N=C3/CCNC4CC(Cl)C=CN=C34)CC2)c1. The first-order valence-electron chi connectivity index (χ1n) is 10.5. The average Bonchev–Trinajstić information content (AvgIpc) is 2.98. The highest BCUT2D eigenvalue weighted by atomic mass is 35.5. The first-order valence-corrected chi connectivity index (χ1v) is 11.3. The van der Waals surface area contributed by atoms with E-state index in [4.69, 9.17) is 23.8 Å². The van der Waals surface area contributed by atoms with Gasteiger partial charge in [0.25, 0.3) is 0 Å². The van der Waals surface area contributed by atoms with Gasteiger partial charge < -0.3 is 15.1 Å². The largest absolute Gasteiger partial charge is 0.416 e. The van der Waals surface area contributed by atoms with Crippen LogP contribution >= 0.6 is 23.8 Å². The lowest BCUT2D eigenvalue weighted by atomic mass is 9.96. The van der Waals surface area contributed by atoms with E-state index in [-0.39, 0.29) is 11.4 Å². The minimum atomic E-state index is -4.35. The van der Waals surface area contributed by atoms with Gasteiger partial charge in [0, 0.05) is 51.0 Å². The Labute approximate surface area is 195 Å². The summed E-state index contributed by atoms with van der Waals surface area (Å²) in [6.45, 7) is 3.11. The maximum Gasteiger partial charge on any atom is 0.416 e. The molecule has 4 rings (SSSR count). The molecule has 0 amide bonds. The molecule has 0 bridgehead atoms. The minimum Gasteiger partial charge on any atom is -0.368 e. The number of nitrogens with zero attached hydrogens (tertiary/aromatic N) is 4. The van der Waals surface area contributed by atoms with Crippen LogP contribution in [0.25, 0.3) is 0 Å². The fraction of sp³-hybridized carbons (Fsp3) is 0.476. The van der Waals surface area contributed by atoms with E-state index in [1.165, 1.54) is 12.1 Å². The molecule has 1 aromatic carbocycles. The Bertz CT molecular complexity index is 940. The number of rotatable bonds is 2. The molecule has 0 aliphatic carbocycles. The van der Waals surface area contributed by atoms with E-state index in [2.05, 4.69) is 20.8 Å². The summed E-state index contributed by atoms with van der Waals surface area (Å²) in [6.07, 6.45) is 0.722. The monoisotopic (exact) mass is 484 g/mol. The summed E-state index contributed by atoms with van der Waals surface area (Å²) in [6, 6.07) is 5.49. The molecule has 3 aliphatic rings. The molecule has 32 heavy (non-hydrogen) atoms. The van der Waals surface area contributed by atoms with Crippen molar-refractivity contribution in [2.24, 2.45) is 10.1 Å². The standard InChI is InChI=1S/C21H24ClF3N6S/c22-15-4-6-27-19-17(5-7-26-18(19)13-15)28-29-20(32)31-10-8-30(9-11-31)16-3-1-2-14(12-16)21(23,24)25/h1-4,6,12,15,18,26H,5,7-11,13H2,(H,29,32)/b28-17-. The number of piperidine rings is 1. The van der Waals surface area contributed by atoms with Crippen molar-refractivity contribution in [2.45, 2.75) is 30.4 Å². The average molecular weight is 485 g/mol. The number of aliphatic imine (C=N–C) groups is 1. The van der Waals surface area contributed by atoms with Crippen LogP contribution < -0.4 is 15.6 Å². The summed E-state index contributed by atoms with van der Waals surface area (Å²) in [5, 5.41) is 8.37. The lowest BCUT2D eigenvalue weighted by Gasteiger charge is -2.37. The number of hydrazone groups is 1. The predicted molar refractivity (Wildman–Crippen MR) is 126 cm³/mol. The zero-order chi connectivity index (χ0) is 22.7. The van der Waals surface area contributed by atoms with E-state index in [1.807, 2.05) is 15.9 Å². The number of hydrogen-bond acceptors (Lipinski definition) is 5. The highest BCUT2D eigenvalue weighted by Crippen LogP contribution is 2.31. The van der Waals surface area contributed by atoms with Gasteiger partial charge in [0.15, 0.2) is 5.11 Å². The van der Waals surface area contributed by atoms with E-state index in [0.29, 0.717) is 37.0 Å². The summed E-state index contributed by atoms with van der Waals surface area (Å²) < 4.78 is 39.0. The number of fused-ring (bicyclic) bond motifs is 1. The second kappa shape index (κ2) is 9.76. The number of thiocarbonyl (C=S) groups is 1. The van der Waals surface area contributed by atoms with Gasteiger partial charge in [-0.25, -0.2) is 0 Å². The van der Waals surface area contributed by atoms with E-state index >= 15 is 0 Å². The van der Waals surface area contributed by atoms with Crippen molar-refractivity contribution >= 4 is 46.0 Å². The number of alkyl halides is 4. The van der Waals surface area contributed by atoms with Gasteiger partial charge in [0.05, 0.1) is 28.4 Å². The van der Waals surface area contributed by atoms with Gasteiger partial charge in [0.2, 0.25) is 0 Å². The normalized spacial score (nSPS) is 25.2. The lowest BCUT2D eigenvalue weighted by molar-refractivity contribution is -0.137. The molecular weight excluding hydrogens is 461 g/mol.